The summed E-state index contributed by atoms with van der Waals surface area (Å²) in [4.78, 5) is 22.5. The predicted molar refractivity (Wildman–Crippen MR) is 117 cm³/mol. The number of nitro groups is 1. The molecule has 0 radical (unpaired) electrons. The Morgan fingerprint density at radius 2 is 1.90 bits per heavy atom. The summed E-state index contributed by atoms with van der Waals surface area (Å²) in [6.07, 6.45) is 2.15. The first-order chi connectivity index (χ1) is 14.0. The van der Waals surface area contributed by atoms with Gasteiger partial charge in [0.1, 0.15) is 6.54 Å². The molecule has 0 saturated heterocycles. The topological polar surface area (TPSA) is 122 Å². The van der Waals surface area contributed by atoms with Crippen LogP contribution in [-0.4, -0.2) is 38.3 Å². The Kier molecular flexibility index (Phi) is 7.52. The number of nitro benzene ring substituents is 1. The monoisotopic (exact) mass is 452 g/mol. The van der Waals surface area contributed by atoms with Crippen LogP contribution in [0.3, 0.4) is 0 Å². The third kappa shape index (κ3) is 6.26. The van der Waals surface area contributed by atoms with Crippen LogP contribution in [0, 0.1) is 10.1 Å². The third-order valence-electron chi connectivity index (χ3n) is 4.12. The van der Waals surface area contributed by atoms with E-state index in [9.17, 15) is 23.3 Å². The van der Waals surface area contributed by atoms with Gasteiger partial charge < -0.3 is 0 Å². The van der Waals surface area contributed by atoms with Crippen molar-refractivity contribution in [3.63, 3.8) is 0 Å². The molecular weight excluding hydrogens is 432 g/mol. The van der Waals surface area contributed by atoms with E-state index in [-0.39, 0.29) is 22.2 Å². The number of rotatable bonds is 8. The predicted octanol–water partition coefficient (Wildman–Crippen LogP) is 3.29. The van der Waals surface area contributed by atoms with Gasteiger partial charge in [-0.2, -0.15) is 5.10 Å². The Labute approximate surface area is 179 Å². The van der Waals surface area contributed by atoms with E-state index in [0.717, 1.165) is 22.3 Å². The molecule has 160 valence electrons. The summed E-state index contributed by atoms with van der Waals surface area (Å²) in [7, 11) is -3.72. The zero-order chi connectivity index (χ0) is 22.5. The summed E-state index contributed by atoms with van der Waals surface area (Å²) in [5.41, 5.74) is 3.64. The van der Waals surface area contributed by atoms with Crippen molar-refractivity contribution < 1.29 is 18.1 Å². The van der Waals surface area contributed by atoms with Crippen LogP contribution in [0.2, 0.25) is 5.02 Å². The summed E-state index contributed by atoms with van der Waals surface area (Å²) in [5.74, 6) is -0.407. The molecule has 1 amide bonds. The van der Waals surface area contributed by atoms with E-state index < -0.39 is 27.4 Å². The average Bonchev–Trinajstić information content (AvgIpc) is 2.66. The number of amides is 1. The molecule has 2 aromatic carbocycles. The molecule has 2 rings (SSSR count). The van der Waals surface area contributed by atoms with Crippen LogP contribution in [0.4, 0.5) is 11.4 Å². The van der Waals surface area contributed by atoms with Crippen molar-refractivity contribution in [1.82, 2.24) is 5.43 Å². The number of benzene rings is 2. The van der Waals surface area contributed by atoms with Crippen molar-refractivity contribution in [3.8, 4) is 0 Å². The number of hydrogen-bond donors (Lipinski definition) is 1. The Morgan fingerprint density at radius 1 is 1.27 bits per heavy atom. The van der Waals surface area contributed by atoms with Gasteiger partial charge in [0.2, 0.25) is 10.0 Å². The molecular formula is C19H21ClN4O5S. The van der Waals surface area contributed by atoms with Crippen LogP contribution in [0.1, 0.15) is 30.9 Å². The molecule has 0 aliphatic rings. The van der Waals surface area contributed by atoms with Gasteiger partial charge in [0.25, 0.3) is 11.6 Å². The lowest BCUT2D eigenvalue weighted by molar-refractivity contribution is -0.384. The van der Waals surface area contributed by atoms with Gasteiger partial charge in [0.15, 0.2) is 0 Å². The van der Waals surface area contributed by atoms with Crippen molar-refractivity contribution in [2.75, 3.05) is 17.1 Å². The first-order valence-electron chi connectivity index (χ1n) is 8.82. The fourth-order valence-corrected chi connectivity index (χ4v) is 3.53. The lowest BCUT2D eigenvalue weighted by atomic mass is 10.0. The van der Waals surface area contributed by atoms with Crippen LogP contribution in [0.25, 0.3) is 0 Å². The lowest BCUT2D eigenvalue weighted by Gasteiger charge is -2.21. The number of nitrogens with zero attached hydrogens (tertiary/aromatic N) is 3. The van der Waals surface area contributed by atoms with E-state index in [2.05, 4.69) is 10.5 Å². The van der Waals surface area contributed by atoms with Crippen LogP contribution in [0.5, 0.6) is 0 Å². The molecule has 2 aromatic rings. The number of non-ortho nitro benzene ring substituents is 1. The maximum absolute atomic E-state index is 12.2. The molecule has 30 heavy (non-hydrogen) atoms. The molecule has 0 aromatic heterocycles. The van der Waals surface area contributed by atoms with Crippen LogP contribution < -0.4 is 9.73 Å². The highest BCUT2D eigenvalue weighted by atomic mass is 35.5. The van der Waals surface area contributed by atoms with Gasteiger partial charge in [-0.15, -0.1) is 0 Å². The van der Waals surface area contributed by atoms with Crippen molar-refractivity contribution in [3.05, 3.63) is 68.7 Å². The molecule has 0 heterocycles. The number of carbonyl (C=O) groups is 1. The zero-order valence-corrected chi connectivity index (χ0v) is 18.1. The van der Waals surface area contributed by atoms with Gasteiger partial charge >= 0.3 is 0 Å². The van der Waals surface area contributed by atoms with Gasteiger partial charge in [0.05, 0.1) is 23.1 Å². The Balaban J connectivity index is 2.13. The third-order valence-corrected chi connectivity index (χ3v) is 5.60. The van der Waals surface area contributed by atoms with Crippen molar-refractivity contribution in [2.24, 2.45) is 5.10 Å². The van der Waals surface area contributed by atoms with E-state index in [1.165, 1.54) is 18.2 Å². The number of anilines is 1. The van der Waals surface area contributed by atoms with E-state index in [1.807, 2.05) is 13.8 Å². The smallest absolute Gasteiger partial charge is 0.270 e. The average molecular weight is 453 g/mol. The SMILES string of the molecule is CC(C)c1ccc(N(CC(=O)N/N=C\c2cc([N+](=O)[O-])ccc2Cl)S(C)(=O)=O)cc1. The molecule has 0 aliphatic carbocycles. The van der Waals surface area contributed by atoms with E-state index in [4.69, 9.17) is 11.6 Å². The molecule has 0 atom stereocenters. The molecule has 0 aliphatic heterocycles. The van der Waals surface area contributed by atoms with E-state index in [1.54, 1.807) is 24.3 Å². The van der Waals surface area contributed by atoms with Crippen molar-refractivity contribution in [2.45, 2.75) is 19.8 Å². The Morgan fingerprint density at radius 3 is 2.43 bits per heavy atom. The van der Waals surface area contributed by atoms with Gasteiger partial charge in [-0.05, 0) is 29.7 Å². The number of sulfonamides is 1. The first kappa shape index (κ1) is 23.3. The van der Waals surface area contributed by atoms with Crippen molar-refractivity contribution in [1.29, 1.82) is 0 Å². The molecule has 11 heteroatoms. The minimum atomic E-state index is -3.72. The van der Waals surface area contributed by atoms with Gasteiger partial charge in [-0.3, -0.25) is 19.2 Å². The summed E-state index contributed by atoms with van der Waals surface area (Å²) in [6.45, 7) is 3.55. The minimum absolute atomic E-state index is 0.180. The maximum atomic E-state index is 12.2. The van der Waals surface area contributed by atoms with E-state index in [0.29, 0.717) is 5.69 Å². The van der Waals surface area contributed by atoms with Crippen LogP contribution in [-0.2, 0) is 14.8 Å². The fourth-order valence-electron chi connectivity index (χ4n) is 2.51. The Bertz CT molecular complexity index is 1070. The molecule has 0 spiro atoms. The summed E-state index contributed by atoms with van der Waals surface area (Å²) in [5, 5.41) is 14.8. The lowest BCUT2D eigenvalue weighted by Crippen LogP contribution is -2.39. The quantitative estimate of drug-likeness (QED) is 0.374. The molecule has 0 fully saturated rings. The highest BCUT2D eigenvalue weighted by Crippen LogP contribution is 2.22. The first-order valence-corrected chi connectivity index (χ1v) is 11.0. The largest absolute Gasteiger partial charge is 0.271 e. The molecule has 0 saturated carbocycles. The fraction of sp³-hybridized carbons (Fsp3) is 0.263. The minimum Gasteiger partial charge on any atom is -0.271 e. The summed E-state index contributed by atoms with van der Waals surface area (Å²) >= 11 is 5.96. The van der Waals surface area contributed by atoms with Crippen LogP contribution in [0.15, 0.2) is 47.6 Å². The Hall–Kier alpha value is -2.98. The van der Waals surface area contributed by atoms with E-state index >= 15 is 0 Å². The van der Waals surface area contributed by atoms with Gasteiger partial charge in [0, 0.05) is 22.7 Å². The van der Waals surface area contributed by atoms with Gasteiger partial charge in [-0.1, -0.05) is 37.6 Å². The number of nitrogens with one attached hydrogen (secondary N) is 1. The second-order valence-electron chi connectivity index (χ2n) is 6.77. The highest BCUT2D eigenvalue weighted by Gasteiger charge is 2.21. The highest BCUT2D eigenvalue weighted by molar-refractivity contribution is 7.92. The molecule has 1 N–H and O–H groups in total. The van der Waals surface area contributed by atoms with Gasteiger partial charge in [-0.25, -0.2) is 13.8 Å². The summed E-state index contributed by atoms with van der Waals surface area (Å²) in [6, 6.07) is 10.7. The zero-order valence-electron chi connectivity index (χ0n) is 16.6. The molecule has 0 unspecified atom stereocenters. The second kappa shape index (κ2) is 9.68. The molecule has 0 bridgehead atoms. The molecule has 9 nitrogen and oxygen atoms in total. The van der Waals surface area contributed by atoms with Crippen LogP contribution >= 0.6 is 11.6 Å². The summed E-state index contributed by atoms with van der Waals surface area (Å²) < 4.78 is 25.3. The number of hydrazone groups is 1. The number of hydrogen-bond acceptors (Lipinski definition) is 6. The normalized spacial score (nSPS) is 11.6. The number of halogens is 1. The van der Waals surface area contributed by atoms with Crippen molar-refractivity contribution >= 4 is 45.1 Å². The second-order valence-corrected chi connectivity index (χ2v) is 9.09. The maximum Gasteiger partial charge on any atom is 0.270 e. The standard InChI is InChI=1S/C19H21ClN4O5S/c1-13(2)14-4-6-16(7-5-14)23(30(3,28)29)12-19(25)22-21-11-15-10-17(24(26)27)8-9-18(15)20/h4-11,13H,12H2,1-3H3,(H,22,25)/b21-11-. The number of carbonyl (C=O) groups excluding carboxylic acids is 1.